The van der Waals surface area contributed by atoms with Crippen LogP contribution in [0.4, 0.5) is 0 Å². The molecule has 1 rings (SSSR count). The topological polar surface area (TPSA) is 29.3 Å². The quantitative estimate of drug-likeness (QED) is 0.730. The summed E-state index contributed by atoms with van der Waals surface area (Å²) in [4.78, 5) is 2.58. The zero-order valence-electron chi connectivity index (χ0n) is 11.4. The summed E-state index contributed by atoms with van der Waals surface area (Å²) in [7, 11) is 2.29. The van der Waals surface area contributed by atoms with Gasteiger partial charge in [0.2, 0.25) is 0 Å². The standard InChI is InChI=1S/C14H30N2/c1-4-12(2)14(11-15)16(3)13-9-7-5-6-8-10-13/h12-14H,4-11,15H2,1-3H3. The van der Waals surface area contributed by atoms with Crippen LogP contribution >= 0.6 is 0 Å². The molecule has 2 atom stereocenters. The molecule has 0 aromatic heterocycles. The van der Waals surface area contributed by atoms with Crippen LogP contribution in [0.2, 0.25) is 0 Å². The highest BCUT2D eigenvalue weighted by atomic mass is 15.2. The van der Waals surface area contributed by atoms with Gasteiger partial charge in [0.05, 0.1) is 0 Å². The predicted octanol–water partition coefficient (Wildman–Crippen LogP) is 3.01. The van der Waals surface area contributed by atoms with Gasteiger partial charge >= 0.3 is 0 Å². The third kappa shape index (κ3) is 3.74. The lowest BCUT2D eigenvalue weighted by Crippen LogP contribution is -2.47. The van der Waals surface area contributed by atoms with E-state index >= 15 is 0 Å². The Hall–Kier alpha value is -0.0800. The summed E-state index contributed by atoms with van der Waals surface area (Å²) in [5.74, 6) is 0.721. The molecule has 0 amide bonds. The molecule has 2 heteroatoms. The minimum Gasteiger partial charge on any atom is -0.329 e. The summed E-state index contributed by atoms with van der Waals surface area (Å²) >= 11 is 0. The molecule has 0 aromatic carbocycles. The highest BCUT2D eigenvalue weighted by Gasteiger charge is 2.25. The minimum atomic E-state index is 0.577. The number of hydrogen-bond acceptors (Lipinski definition) is 2. The molecule has 0 heterocycles. The van der Waals surface area contributed by atoms with Crippen LogP contribution in [0, 0.1) is 5.92 Å². The van der Waals surface area contributed by atoms with Crippen molar-refractivity contribution in [3.05, 3.63) is 0 Å². The van der Waals surface area contributed by atoms with Crippen LogP contribution in [0.5, 0.6) is 0 Å². The molecule has 2 nitrogen and oxygen atoms in total. The van der Waals surface area contributed by atoms with Crippen LogP contribution in [0.3, 0.4) is 0 Å². The van der Waals surface area contributed by atoms with E-state index in [1.165, 1.54) is 44.9 Å². The zero-order chi connectivity index (χ0) is 12.0. The molecule has 96 valence electrons. The van der Waals surface area contributed by atoms with Crippen molar-refractivity contribution in [1.29, 1.82) is 0 Å². The number of nitrogens with zero attached hydrogens (tertiary/aromatic N) is 1. The Morgan fingerprint density at radius 1 is 1.19 bits per heavy atom. The van der Waals surface area contributed by atoms with E-state index in [9.17, 15) is 0 Å². The third-order valence-corrected chi connectivity index (χ3v) is 4.47. The molecule has 0 saturated heterocycles. The van der Waals surface area contributed by atoms with Crippen LogP contribution in [0.25, 0.3) is 0 Å². The minimum absolute atomic E-state index is 0.577. The van der Waals surface area contributed by atoms with Gasteiger partial charge in [-0.15, -0.1) is 0 Å². The zero-order valence-corrected chi connectivity index (χ0v) is 11.4. The molecule has 0 aromatic rings. The van der Waals surface area contributed by atoms with Crippen molar-refractivity contribution in [2.24, 2.45) is 11.7 Å². The molecule has 0 aliphatic heterocycles. The molecular formula is C14H30N2. The Morgan fingerprint density at radius 2 is 1.75 bits per heavy atom. The van der Waals surface area contributed by atoms with Gasteiger partial charge in [-0.2, -0.15) is 0 Å². The molecule has 1 saturated carbocycles. The predicted molar refractivity (Wildman–Crippen MR) is 71.6 cm³/mol. The smallest absolute Gasteiger partial charge is 0.0243 e. The van der Waals surface area contributed by atoms with Crippen molar-refractivity contribution in [2.75, 3.05) is 13.6 Å². The Kier molecular flexibility index (Phi) is 6.37. The van der Waals surface area contributed by atoms with Crippen molar-refractivity contribution in [3.8, 4) is 0 Å². The van der Waals surface area contributed by atoms with Crippen LogP contribution in [0.1, 0.15) is 58.8 Å². The Balaban J connectivity index is 2.54. The molecule has 1 aliphatic carbocycles. The second kappa shape index (κ2) is 7.29. The normalized spacial score (nSPS) is 23.1. The fourth-order valence-corrected chi connectivity index (χ4v) is 3.01. The first-order valence-corrected chi connectivity index (χ1v) is 7.12. The van der Waals surface area contributed by atoms with Crippen molar-refractivity contribution in [2.45, 2.75) is 70.9 Å². The lowest BCUT2D eigenvalue weighted by molar-refractivity contribution is 0.120. The van der Waals surface area contributed by atoms with Gasteiger partial charge in [-0.1, -0.05) is 46.0 Å². The highest BCUT2D eigenvalue weighted by molar-refractivity contribution is 4.81. The largest absolute Gasteiger partial charge is 0.329 e. The molecule has 1 fully saturated rings. The average molecular weight is 226 g/mol. The Labute approximate surface area is 102 Å². The fraction of sp³-hybridized carbons (Fsp3) is 1.00. The summed E-state index contributed by atoms with van der Waals surface area (Å²) in [5.41, 5.74) is 5.95. The van der Waals surface area contributed by atoms with Gasteiger partial charge in [-0.05, 0) is 25.8 Å². The van der Waals surface area contributed by atoms with Gasteiger partial charge in [0.25, 0.3) is 0 Å². The van der Waals surface area contributed by atoms with E-state index in [-0.39, 0.29) is 0 Å². The van der Waals surface area contributed by atoms with E-state index in [0.717, 1.165) is 18.5 Å². The van der Waals surface area contributed by atoms with Crippen molar-refractivity contribution in [3.63, 3.8) is 0 Å². The van der Waals surface area contributed by atoms with E-state index in [1.54, 1.807) is 0 Å². The monoisotopic (exact) mass is 226 g/mol. The summed E-state index contributed by atoms with van der Waals surface area (Å²) in [5, 5.41) is 0. The maximum atomic E-state index is 5.95. The van der Waals surface area contributed by atoms with E-state index < -0.39 is 0 Å². The molecule has 16 heavy (non-hydrogen) atoms. The van der Waals surface area contributed by atoms with Gasteiger partial charge in [0.1, 0.15) is 0 Å². The third-order valence-electron chi connectivity index (χ3n) is 4.47. The maximum Gasteiger partial charge on any atom is 0.0243 e. The van der Waals surface area contributed by atoms with Gasteiger partial charge in [-0.3, -0.25) is 4.90 Å². The van der Waals surface area contributed by atoms with Crippen molar-refractivity contribution >= 4 is 0 Å². The average Bonchev–Trinajstić information content (AvgIpc) is 2.58. The van der Waals surface area contributed by atoms with Crippen LogP contribution in [-0.4, -0.2) is 30.6 Å². The van der Waals surface area contributed by atoms with E-state index in [4.69, 9.17) is 5.73 Å². The molecular weight excluding hydrogens is 196 g/mol. The Bertz CT molecular complexity index is 174. The maximum absolute atomic E-state index is 5.95. The summed E-state index contributed by atoms with van der Waals surface area (Å²) < 4.78 is 0. The summed E-state index contributed by atoms with van der Waals surface area (Å²) in [6.45, 7) is 5.42. The summed E-state index contributed by atoms with van der Waals surface area (Å²) in [6.07, 6.45) is 9.67. The lowest BCUT2D eigenvalue weighted by atomic mass is 9.95. The molecule has 0 spiro atoms. The number of rotatable bonds is 5. The van der Waals surface area contributed by atoms with Gasteiger partial charge in [0, 0.05) is 18.6 Å². The lowest BCUT2D eigenvalue weighted by Gasteiger charge is -2.37. The SMILES string of the molecule is CCC(C)C(CN)N(C)C1CCCCCC1. The van der Waals surface area contributed by atoms with Gasteiger partial charge in [0.15, 0.2) is 0 Å². The van der Waals surface area contributed by atoms with Gasteiger partial charge < -0.3 is 5.73 Å². The number of likely N-dealkylation sites (N-methyl/N-ethyl adjacent to an activating group) is 1. The first kappa shape index (κ1) is 14.0. The molecule has 0 bridgehead atoms. The molecule has 2 unspecified atom stereocenters. The van der Waals surface area contributed by atoms with Crippen LogP contribution in [-0.2, 0) is 0 Å². The van der Waals surface area contributed by atoms with E-state index in [2.05, 4.69) is 25.8 Å². The number of nitrogens with two attached hydrogens (primary N) is 1. The first-order valence-electron chi connectivity index (χ1n) is 7.12. The first-order chi connectivity index (χ1) is 7.70. The van der Waals surface area contributed by atoms with Crippen LogP contribution < -0.4 is 5.73 Å². The fourth-order valence-electron chi connectivity index (χ4n) is 3.01. The Morgan fingerprint density at radius 3 is 2.19 bits per heavy atom. The van der Waals surface area contributed by atoms with Crippen LogP contribution in [0.15, 0.2) is 0 Å². The number of hydrogen-bond donors (Lipinski definition) is 1. The van der Waals surface area contributed by atoms with Crippen molar-refractivity contribution in [1.82, 2.24) is 4.90 Å². The van der Waals surface area contributed by atoms with E-state index in [0.29, 0.717) is 6.04 Å². The molecule has 0 radical (unpaired) electrons. The van der Waals surface area contributed by atoms with Gasteiger partial charge in [-0.25, -0.2) is 0 Å². The highest BCUT2D eigenvalue weighted by Crippen LogP contribution is 2.24. The van der Waals surface area contributed by atoms with E-state index in [1.807, 2.05) is 0 Å². The molecule has 1 aliphatic rings. The second-order valence-corrected chi connectivity index (χ2v) is 5.50. The second-order valence-electron chi connectivity index (χ2n) is 5.50. The molecule has 2 N–H and O–H groups in total. The summed E-state index contributed by atoms with van der Waals surface area (Å²) in [6, 6.07) is 1.36. The van der Waals surface area contributed by atoms with Crippen molar-refractivity contribution < 1.29 is 0 Å².